The van der Waals surface area contributed by atoms with Gasteiger partial charge in [-0.05, 0) is 67.8 Å². The standard InChI is InChI=1S/C24H27N3O2/c1-4-27(21-9-5-7-18(2)15-21)24(28)23-17-20(12-14-26-23)25-13-11-19-8-6-10-22(16-19)29-3/h5-10,12,14-17H,4,11,13H2,1-3H3,(H,25,26). The van der Waals surface area contributed by atoms with Gasteiger partial charge in [-0.15, -0.1) is 0 Å². The van der Waals surface area contributed by atoms with Crippen LogP contribution in [-0.4, -0.2) is 31.1 Å². The van der Waals surface area contributed by atoms with Gasteiger partial charge < -0.3 is 15.0 Å². The van der Waals surface area contributed by atoms with Crippen LogP contribution in [0, 0.1) is 6.92 Å². The molecule has 0 aliphatic rings. The minimum absolute atomic E-state index is 0.102. The minimum Gasteiger partial charge on any atom is -0.497 e. The number of benzene rings is 2. The van der Waals surface area contributed by atoms with E-state index in [0.29, 0.717) is 12.2 Å². The molecule has 0 radical (unpaired) electrons. The largest absolute Gasteiger partial charge is 0.497 e. The highest BCUT2D eigenvalue weighted by Crippen LogP contribution is 2.19. The number of methoxy groups -OCH3 is 1. The average molecular weight is 389 g/mol. The maximum absolute atomic E-state index is 13.0. The molecular formula is C24H27N3O2. The van der Waals surface area contributed by atoms with Crippen LogP contribution in [0.15, 0.2) is 66.9 Å². The number of pyridine rings is 1. The lowest BCUT2D eigenvalue weighted by Gasteiger charge is -2.21. The summed E-state index contributed by atoms with van der Waals surface area (Å²) in [5.41, 5.74) is 4.51. The maximum atomic E-state index is 13.0. The molecule has 150 valence electrons. The van der Waals surface area contributed by atoms with Gasteiger partial charge in [0.15, 0.2) is 0 Å². The Balaban J connectivity index is 1.67. The van der Waals surface area contributed by atoms with Gasteiger partial charge in [-0.1, -0.05) is 24.3 Å². The van der Waals surface area contributed by atoms with Gasteiger partial charge >= 0.3 is 0 Å². The molecule has 1 N–H and O–H groups in total. The summed E-state index contributed by atoms with van der Waals surface area (Å²) in [5.74, 6) is 0.754. The highest BCUT2D eigenvalue weighted by molar-refractivity contribution is 6.05. The molecule has 1 aromatic heterocycles. The lowest BCUT2D eigenvalue weighted by molar-refractivity contribution is 0.0983. The Labute approximate surface area is 172 Å². The molecular weight excluding hydrogens is 362 g/mol. The molecule has 0 saturated carbocycles. The molecule has 1 heterocycles. The van der Waals surface area contributed by atoms with Gasteiger partial charge in [-0.2, -0.15) is 0 Å². The number of aryl methyl sites for hydroxylation is 1. The number of nitrogens with one attached hydrogen (secondary N) is 1. The number of nitrogens with zero attached hydrogens (tertiary/aromatic N) is 2. The van der Waals surface area contributed by atoms with Crippen LogP contribution in [0.25, 0.3) is 0 Å². The van der Waals surface area contributed by atoms with Crippen molar-refractivity contribution < 1.29 is 9.53 Å². The van der Waals surface area contributed by atoms with Gasteiger partial charge in [0.2, 0.25) is 0 Å². The fourth-order valence-electron chi connectivity index (χ4n) is 3.21. The van der Waals surface area contributed by atoms with Gasteiger partial charge in [0.05, 0.1) is 7.11 Å². The lowest BCUT2D eigenvalue weighted by atomic mass is 10.1. The summed E-state index contributed by atoms with van der Waals surface area (Å²) < 4.78 is 5.27. The Bertz CT molecular complexity index is 972. The Morgan fingerprint density at radius 1 is 1.10 bits per heavy atom. The van der Waals surface area contributed by atoms with Crippen molar-refractivity contribution in [3.05, 3.63) is 83.7 Å². The molecule has 5 nitrogen and oxygen atoms in total. The van der Waals surface area contributed by atoms with E-state index in [1.54, 1.807) is 18.2 Å². The normalized spacial score (nSPS) is 10.4. The van der Waals surface area contributed by atoms with Gasteiger partial charge in [-0.3, -0.25) is 9.78 Å². The average Bonchev–Trinajstić information content (AvgIpc) is 2.75. The second-order valence-electron chi connectivity index (χ2n) is 6.85. The molecule has 0 atom stereocenters. The van der Waals surface area contributed by atoms with Crippen molar-refractivity contribution in [3.8, 4) is 5.75 Å². The van der Waals surface area contributed by atoms with Crippen LogP contribution in [0.3, 0.4) is 0 Å². The summed E-state index contributed by atoms with van der Waals surface area (Å²) in [6, 6.07) is 19.7. The number of aromatic nitrogens is 1. The van der Waals surface area contributed by atoms with E-state index in [4.69, 9.17) is 4.74 Å². The van der Waals surface area contributed by atoms with Crippen LogP contribution in [0.2, 0.25) is 0 Å². The van der Waals surface area contributed by atoms with Crippen molar-refractivity contribution in [1.82, 2.24) is 4.98 Å². The summed E-state index contributed by atoms with van der Waals surface area (Å²) >= 11 is 0. The van der Waals surface area contributed by atoms with Gasteiger partial charge in [0.25, 0.3) is 5.91 Å². The first-order chi connectivity index (χ1) is 14.1. The monoisotopic (exact) mass is 389 g/mol. The molecule has 3 rings (SSSR count). The first kappa shape index (κ1) is 20.4. The van der Waals surface area contributed by atoms with Gasteiger partial charge in [0.1, 0.15) is 11.4 Å². The van der Waals surface area contributed by atoms with Crippen LogP contribution in [0.5, 0.6) is 5.75 Å². The zero-order chi connectivity index (χ0) is 20.6. The Kier molecular flexibility index (Phi) is 6.85. The van der Waals surface area contributed by atoms with Crippen LogP contribution < -0.4 is 15.0 Å². The molecule has 29 heavy (non-hydrogen) atoms. The van der Waals surface area contributed by atoms with Gasteiger partial charge in [0, 0.05) is 30.7 Å². The van der Waals surface area contributed by atoms with E-state index in [1.165, 1.54) is 5.56 Å². The minimum atomic E-state index is -0.102. The summed E-state index contributed by atoms with van der Waals surface area (Å²) in [5, 5.41) is 3.38. The lowest BCUT2D eigenvalue weighted by Crippen LogP contribution is -2.31. The third-order valence-electron chi connectivity index (χ3n) is 4.73. The molecule has 2 aromatic carbocycles. The highest BCUT2D eigenvalue weighted by atomic mass is 16.5. The molecule has 0 aliphatic carbocycles. The number of rotatable bonds is 8. The predicted octanol–water partition coefficient (Wildman–Crippen LogP) is 4.72. The summed E-state index contributed by atoms with van der Waals surface area (Å²) in [6.07, 6.45) is 2.53. The number of carbonyl (C=O) groups excluding carboxylic acids is 1. The van der Waals surface area contributed by atoms with Crippen LogP contribution >= 0.6 is 0 Å². The fraction of sp³-hybridized carbons (Fsp3) is 0.250. The number of carbonyl (C=O) groups is 1. The maximum Gasteiger partial charge on any atom is 0.276 e. The first-order valence-electron chi connectivity index (χ1n) is 9.82. The molecule has 0 spiro atoms. The van der Waals surface area contributed by atoms with E-state index in [1.807, 2.05) is 68.4 Å². The zero-order valence-corrected chi connectivity index (χ0v) is 17.2. The molecule has 0 aliphatic heterocycles. The topological polar surface area (TPSA) is 54.5 Å². The van der Waals surface area contributed by atoms with Crippen molar-refractivity contribution in [2.75, 3.05) is 30.4 Å². The van der Waals surface area contributed by atoms with E-state index in [0.717, 1.165) is 35.7 Å². The Morgan fingerprint density at radius 3 is 2.69 bits per heavy atom. The Hall–Kier alpha value is -3.34. The van der Waals surface area contributed by atoms with Crippen molar-refractivity contribution in [2.24, 2.45) is 0 Å². The van der Waals surface area contributed by atoms with Crippen molar-refractivity contribution in [3.63, 3.8) is 0 Å². The molecule has 1 amide bonds. The molecule has 0 bridgehead atoms. The number of hydrogen-bond donors (Lipinski definition) is 1. The van der Waals surface area contributed by atoms with Crippen molar-refractivity contribution in [2.45, 2.75) is 20.3 Å². The number of amides is 1. The van der Waals surface area contributed by atoms with Crippen LogP contribution in [0.1, 0.15) is 28.5 Å². The summed E-state index contributed by atoms with van der Waals surface area (Å²) in [7, 11) is 1.67. The SMILES string of the molecule is CCN(C(=O)c1cc(NCCc2cccc(OC)c2)ccn1)c1cccc(C)c1. The van der Waals surface area contributed by atoms with Gasteiger partial charge in [-0.25, -0.2) is 0 Å². The third kappa shape index (κ3) is 5.35. The second-order valence-corrected chi connectivity index (χ2v) is 6.85. The molecule has 3 aromatic rings. The summed E-state index contributed by atoms with van der Waals surface area (Å²) in [4.78, 5) is 19.1. The van der Waals surface area contributed by atoms with E-state index >= 15 is 0 Å². The van der Waals surface area contributed by atoms with Crippen molar-refractivity contribution in [1.29, 1.82) is 0 Å². The predicted molar refractivity (Wildman–Crippen MR) is 118 cm³/mol. The van der Waals surface area contributed by atoms with Crippen LogP contribution in [-0.2, 0) is 6.42 Å². The van der Waals surface area contributed by atoms with E-state index in [2.05, 4.69) is 16.4 Å². The fourth-order valence-corrected chi connectivity index (χ4v) is 3.21. The van der Waals surface area contributed by atoms with Crippen LogP contribution in [0.4, 0.5) is 11.4 Å². The van der Waals surface area contributed by atoms with Crippen molar-refractivity contribution >= 4 is 17.3 Å². The number of ether oxygens (including phenoxy) is 1. The first-order valence-corrected chi connectivity index (χ1v) is 9.82. The highest BCUT2D eigenvalue weighted by Gasteiger charge is 2.17. The van der Waals surface area contributed by atoms with E-state index in [9.17, 15) is 4.79 Å². The molecule has 0 fully saturated rings. The molecule has 0 saturated heterocycles. The van der Waals surface area contributed by atoms with E-state index in [-0.39, 0.29) is 5.91 Å². The summed E-state index contributed by atoms with van der Waals surface area (Å²) in [6.45, 7) is 5.32. The smallest absolute Gasteiger partial charge is 0.276 e. The zero-order valence-electron chi connectivity index (χ0n) is 17.2. The third-order valence-corrected chi connectivity index (χ3v) is 4.73. The van der Waals surface area contributed by atoms with E-state index < -0.39 is 0 Å². The number of hydrogen-bond acceptors (Lipinski definition) is 4. The number of anilines is 2. The quantitative estimate of drug-likeness (QED) is 0.606. The second kappa shape index (κ2) is 9.73. The molecule has 5 heteroatoms. The Morgan fingerprint density at radius 2 is 1.93 bits per heavy atom. The molecule has 0 unspecified atom stereocenters.